The van der Waals surface area contributed by atoms with E-state index in [-0.39, 0.29) is 0 Å². The van der Waals surface area contributed by atoms with Crippen molar-refractivity contribution in [3.8, 4) is 0 Å². The summed E-state index contributed by atoms with van der Waals surface area (Å²) in [6.07, 6.45) is 8.47. The summed E-state index contributed by atoms with van der Waals surface area (Å²) in [5, 5.41) is 0. The number of ether oxygens (including phenoxy) is 1. The quantitative estimate of drug-likeness (QED) is 0.474. The Morgan fingerprint density at radius 1 is 1.33 bits per heavy atom. The Labute approximate surface area is 94.3 Å². The second-order valence-electron chi connectivity index (χ2n) is 4.33. The van der Waals surface area contributed by atoms with Crippen molar-refractivity contribution < 1.29 is 4.74 Å². The molecule has 0 radical (unpaired) electrons. The van der Waals surface area contributed by atoms with Gasteiger partial charge in [0.1, 0.15) is 0 Å². The molecule has 1 fully saturated rings. The summed E-state index contributed by atoms with van der Waals surface area (Å²) >= 11 is 0. The molecule has 0 bridgehead atoms. The first-order valence-electron chi connectivity index (χ1n) is 6.32. The molecule has 0 N–H and O–H groups in total. The number of hydrogen-bond acceptors (Lipinski definition) is 2. The lowest BCUT2D eigenvalue weighted by Gasteiger charge is -2.32. The molecule has 0 amide bonds. The van der Waals surface area contributed by atoms with Crippen molar-refractivity contribution in [2.45, 2.75) is 45.1 Å². The zero-order valence-electron chi connectivity index (χ0n) is 10.1. The molecule has 88 valence electrons. The predicted molar refractivity (Wildman–Crippen MR) is 65.1 cm³/mol. The summed E-state index contributed by atoms with van der Waals surface area (Å²) in [5.74, 6) is 0. The Morgan fingerprint density at radius 3 is 2.67 bits per heavy atom. The molecule has 1 saturated heterocycles. The minimum atomic E-state index is 0.433. The van der Waals surface area contributed by atoms with Crippen LogP contribution in [0.5, 0.6) is 0 Å². The molecule has 2 heteroatoms. The summed E-state index contributed by atoms with van der Waals surface area (Å²) in [6.45, 7) is 10.3. The standard InChI is InChI=1S/C13H25NO/c1-3-5-11-15-12-13(4-2)14-9-7-6-8-10-14/h4,13H,2-3,5-12H2,1H3. The van der Waals surface area contributed by atoms with Gasteiger partial charge >= 0.3 is 0 Å². The van der Waals surface area contributed by atoms with Gasteiger partial charge in [0.05, 0.1) is 12.6 Å². The van der Waals surface area contributed by atoms with E-state index < -0.39 is 0 Å². The Morgan fingerprint density at radius 2 is 2.07 bits per heavy atom. The first-order valence-corrected chi connectivity index (χ1v) is 6.32. The van der Waals surface area contributed by atoms with Crippen LogP contribution in [0.2, 0.25) is 0 Å². The van der Waals surface area contributed by atoms with Gasteiger partial charge in [0, 0.05) is 6.61 Å². The van der Waals surface area contributed by atoms with Crippen LogP contribution in [0.4, 0.5) is 0 Å². The van der Waals surface area contributed by atoms with Crippen LogP contribution in [0.15, 0.2) is 12.7 Å². The van der Waals surface area contributed by atoms with Crippen molar-refractivity contribution in [1.82, 2.24) is 4.90 Å². The van der Waals surface area contributed by atoms with E-state index in [4.69, 9.17) is 4.74 Å². The normalized spacial score (nSPS) is 20.1. The van der Waals surface area contributed by atoms with E-state index in [1.54, 1.807) is 0 Å². The maximum atomic E-state index is 5.67. The van der Waals surface area contributed by atoms with E-state index in [2.05, 4.69) is 18.4 Å². The van der Waals surface area contributed by atoms with Gasteiger partial charge in [-0.2, -0.15) is 0 Å². The summed E-state index contributed by atoms with van der Waals surface area (Å²) < 4.78 is 5.67. The molecule has 2 nitrogen and oxygen atoms in total. The van der Waals surface area contributed by atoms with Crippen molar-refractivity contribution in [1.29, 1.82) is 0 Å². The van der Waals surface area contributed by atoms with Crippen LogP contribution in [0, 0.1) is 0 Å². The van der Waals surface area contributed by atoms with Gasteiger partial charge in [-0.05, 0) is 32.4 Å². The first-order chi connectivity index (χ1) is 7.38. The highest BCUT2D eigenvalue weighted by molar-refractivity contribution is 4.88. The van der Waals surface area contributed by atoms with Crippen molar-refractivity contribution >= 4 is 0 Å². The predicted octanol–water partition coefficient (Wildman–Crippen LogP) is 2.84. The second kappa shape index (κ2) is 7.89. The topological polar surface area (TPSA) is 12.5 Å². The lowest BCUT2D eigenvalue weighted by molar-refractivity contribution is 0.0676. The molecule has 1 rings (SSSR count). The van der Waals surface area contributed by atoms with Crippen LogP contribution >= 0.6 is 0 Å². The van der Waals surface area contributed by atoms with Crippen molar-refractivity contribution in [2.75, 3.05) is 26.3 Å². The Bertz CT molecular complexity index is 164. The van der Waals surface area contributed by atoms with Crippen LogP contribution in [0.3, 0.4) is 0 Å². The molecule has 1 atom stereocenters. The fraction of sp³-hybridized carbons (Fsp3) is 0.846. The largest absolute Gasteiger partial charge is 0.379 e. The highest BCUT2D eigenvalue weighted by Gasteiger charge is 2.17. The van der Waals surface area contributed by atoms with Crippen LogP contribution in [0.25, 0.3) is 0 Å². The highest BCUT2D eigenvalue weighted by Crippen LogP contribution is 2.13. The molecule has 1 aliphatic heterocycles. The lowest BCUT2D eigenvalue weighted by atomic mass is 10.1. The number of unbranched alkanes of at least 4 members (excludes halogenated alkanes) is 1. The number of nitrogens with zero attached hydrogens (tertiary/aromatic N) is 1. The van der Waals surface area contributed by atoms with Crippen LogP contribution < -0.4 is 0 Å². The first kappa shape index (κ1) is 12.7. The molecule has 0 aromatic rings. The monoisotopic (exact) mass is 211 g/mol. The number of rotatable bonds is 7. The van der Waals surface area contributed by atoms with Gasteiger partial charge in [-0.25, -0.2) is 0 Å². The van der Waals surface area contributed by atoms with Gasteiger partial charge in [0.25, 0.3) is 0 Å². The van der Waals surface area contributed by atoms with E-state index in [0.717, 1.165) is 13.2 Å². The van der Waals surface area contributed by atoms with Gasteiger partial charge in [-0.1, -0.05) is 25.8 Å². The molecule has 0 spiro atoms. The zero-order chi connectivity index (χ0) is 10.9. The van der Waals surface area contributed by atoms with E-state index in [1.807, 2.05) is 6.08 Å². The van der Waals surface area contributed by atoms with E-state index in [1.165, 1.54) is 45.2 Å². The van der Waals surface area contributed by atoms with Gasteiger partial charge in [0.2, 0.25) is 0 Å². The molecule has 1 heterocycles. The van der Waals surface area contributed by atoms with Gasteiger partial charge < -0.3 is 4.74 Å². The van der Waals surface area contributed by atoms with Crippen molar-refractivity contribution in [3.05, 3.63) is 12.7 Å². The summed E-state index contributed by atoms with van der Waals surface area (Å²) in [5.41, 5.74) is 0. The van der Waals surface area contributed by atoms with Crippen molar-refractivity contribution in [2.24, 2.45) is 0 Å². The molecular weight excluding hydrogens is 186 g/mol. The molecule has 0 saturated carbocycles. The minimum absolute atomic E-state index is 0.433. The third-order valence-corrected chi connectivity index (χ3v) is 3.06. The molecule has 0 aromatic heterocycles. The summed E-state index contributed by atoms with van der Waals surface area (Å²) in [4.78, 5) is 2.50. The minimum Gasteiger partial charge on any atom is -0.379 e. The molecular formula is C13H25NO. The number of likely N-dealkylation sites (tertiary alicyclic amines) is 1. The fourth-order valence-corrected chi connectivity index (χ4v) is 2.02. The average Bonchev–Trinajstić information content (AvgIpc) is 2.30. The highest BCUT2D eigenvalue weighted by atomic mass is 16.5. The smallest absolute Gasteiger partial charge is 0.0657 e. The van der Waals surface area contributed by atoms with Gasteiger partial charge in [-0.3, -0.25) is 4.90 Å². The Kier molecular flexibility index (Phi) is 6.69. The Hall–Kier alpha value is -0.340. The van der Waals surface area contributed by atoms with Gasteiger partial charge in [0.15, 0.2) is 0 Å². The van der Waals surface area contributed by atoms with Crippen LogP contribution in [0.1, 0.15) is 39.0 Å². The summed E-state index contributed by atoms with van der Waals surface area (Å²) in [7, 11) is 0. The maximum absolute atomic E-state index is 5.67. The van der Waals surface area contributed by atoms with Crippen LogP contribution in [-0.2, 0) is 4.74 Å². The third-order valence-electron chi connectivity index (χ3n) is 3.06. The molecule has 0 aliphatic carbocycles. The maximum Gasteiger partial charge on any atom is 0.0657 e. The fourth-order valence-electron chi connectivity index (χ4n) is 2.02. The molecule has 15 heavy (non-hydrogen) atoms. The van der Waals surface area contributed by atoms with Crippen LogP contribution in [-0.4, -0.2) is 37.2 Å². The van der Waals surface area contributed by atoms with E-state index >= 15 is 0 Å². The number of piperidine rings is 1. The lowest BCUT2D eigenvalue weighted by Crippen LogP contribution is -2.40. The summed E-state index contributed by atoms with van der Waals surface area (Å²) in [6, 6.07) is 0.433. The Balaban J connectivity index is 2.18. The second-order valence-corrected chi connectivity index (χ2v) is 4.33. The zero-order valence-corrected chi connectivity index (χ0v) is 10.1. The molecule has 0 aromatic carbocycles. The molecule has 1 aliphatic rings. The average molecular weight is 211 g/mol. The van der Waals surface area contributed by atoms with E-state index in [9.17, 15) is 0 Å². The van der Waals surface area contributed by atoms with Crippen molar-refractivity contribution in [3.63, 3.8) is 0 Å². The van der Waals surface area contributed by atoms with E-state index in [0.29, 0.717) is 6.04 Å². The number of hydrogen-bond donors (Lipinski definition) is 0. The van der Waals surface area contributed by atoms with Gasteiger partial charge in [-0.15, -0.1) is 6.58 Å². The SMILES string of the molecule is C=CC(COCCCC)N1CCCCC1. The third kappa shape index (κ3) is 4.80. The molecule has 1 unspecified atom stereocenters.